The molecule has 0 unspecified atom stereocenters. The molecule has 0 radical (unpaired) electrons. The minimum Gasteiger partial charge on any atom is -0.338 e. The molecule has 2 N–H and O–H groups in total. The zero-order valence-electron chi connectivity index (χ0n) is 14.8. The summed E-state index contributed by atoms with van der Waals surface area (Å²) < 4.78 is 29.3. The van der Waals surface area contributed by atoms with Crippen LogP contribution < -0.4 is 5.32 Å². The van der Waals surface area contributed by atoms with Crippen molar-refractivity contribution in [2.45, 2.75) is 6.42 Å². The van der Waals surface area contributed by atoms with Crippen molar-refractivity contribution >= 4 is 38.9 Å². The van der Waals surface area contributed by atoms with Crippen molar-refractivity contribution in [3.8, 4) is 11.4 Å². The van der Waals surface area contributed by atoms with Crippen LogP contribution in [0.3, 0.4) is 0 Å². The number of rotatable bonds is 4. The number of imidazole rings is 2. The molecule has 0 spiro atoms. The smallest absolute Gasteiger partial charge is 0.230 e. The van der Waals surface area contributed by atoms with E-state index in [0.717, 1.165) is 23.2 Å². The van der Waals surface area contributed by atoms with E-state index in [1.54, 1.807) is 18.2 Å². The van der Waals surface area contributed by atoms with Crippen LogP contribution in [0.15, 0.2) is 54.2 Å². The molecular weight excluding hydrogens is 396 g/mol. The molecule has 3 heterocycles. The zero-order valence-corrected chi connectivity index (χ0v) is 15.6. The second-order valence-corrected chi connectivity index (χ2v) is 7.36. The highest BCUT2D eigenvalue weighted by Crippen LogP contribution is 2.25. The summed E-state index contributed by atoms with van der Waals surface area (Å²) in [6.45, 7) is 0. The average molecular weight is 409 g/mol. The molecule has 9 heteroatoms. The molecule has 0 atom stereocenters. The number of halogens is 2. The summed E-state index contributed by atoms with van der Waals surface area (Å²) >= 11 is 1.50. The monoisotopic (exact) mass is 409 g/mol. The summed E-state index contributed by atoms with van der Waals surface area (Å²) in [4.78, 5) is 24.9. The van der Waals surface area contributed by atoms with Crippen molar-refractivity contribution in [3.63, 3.8) is 0 Å². The number of aromatic nitrogens is 4. The number of hydrogen-bond donors (Lipinski definition) is 2. The Morgan fingerprint density at radius 3 is 2.93 bits per heavy atom. The summed E-state index contributed by atoms with van der Waals surface area (Å²) in [6, 6.07) is 8.31. The van der Waals surface area contributed by atoms with Gasteiger partial charge in [0.2, 0.25) is 5.91 Å². The number of carbonyl (C=O) groups excluding carboxylic acids is 1. The number of thiazole rings is 1. The summed E-state index contributed by atoms with van der Waals surface area (Å²) in [5.41, 5.74) is 2.48. The minimum atomic E-state index is -0.570. The Labute approximate surface area is 166 Å². The van der Waals surface area contributed by atoms with Crippen LogP contribution in [-0.4, -0.2) is 25.3 Å². The molecule has 0 saturated heterocycles. The van der Waals surface area contributed by atoms with Crippen molar-refractivity contribution in [2.24, 2.45) is 0 Å². The number of hydrogen-bond acceptors (Lipinski definition) is 4. The number of benzene rings is 2. The molecule has 144 valence electrons. The fraction of sp³-hybridized carbons (Fsp3) is 0.0500. The van der Waals surface area contributed by atoms with Gasteiger partial charge in [-0.05, 0) is 36.4 Å². The Bertz CT molecular complexity index is 1340. The Kier molecular flexibility index (Phi) is 4.09. The van der Waals surface area contributed by atoms with Gasteiger partial charge in [-0.15, -0.1) is 11.3 Å². The van der Waals surface area contributed by atoms with Crippen LogP contribution in [0, 0.1) is 11.6 Å². The van der Waals surface area contributed by atoms with Gasteiger partial charge >= 0.3 is 0 Å². The van der Waals surface area contributed by atoms with E-state index in [-0.39, 0.29) is 23.7 Å². The average Bonchev–Trinajstić information content (AvgIpc) is 3.37. The molecule has 29 heavy (non-hydrogen) atoms. The predicted octanol–water partition coefficient (Wildman–Crippen LogP) is 4.40. The van der Waals surface area contributed by atoms with Gasteiger partial charge in [0.25, 0.3) is 0 Å². The maximum absolute atomic E-state index is 14.0. The highest BCUT2D eigenvalue weighted by Gasteiger charge is 2.13. The van der Waals surface area contributed by atoms with Gasteiger partial charge in [0.05, 0.1) is 28.7 Å². The lowest BCUT2D eigenvalue weighted by Crippen LogP contribution is -2.14. The maximum Gasteiger partial charge on any atom is 0.230 e. The number of amides is 1. The van der Waals surface area contributed by atoms with Gasteiger partial charge in [-0.1, -0.05) is 0 Å². The molecule has 6 nitrogen and oxygen atoms in total. The highest BCUT2D eigenvalue weighted by molar-refractivity contribution is 7.15. The number of anilines is 1. The van der Waals surface area contributed by atoms with E-state index in [1.807, 2.05) is 22.2 Å². The van der Waals surface area contributed by atoms with E-state index >= 15 is 0 Å². The van der Waals surface area contributed by atoms with Gasteiger partial charge in [-0.25, -0.2) is 18.7 Å². The normalized spacial score (nSPS) is 11.4. The molecule has 0 aliphatic heterocycles. The van der Waals surface area contributed by atoms with Crippen molar-refractivity contribution in [2.75, 3.05) is 5.32 Å². The van der Waals surface area contributed by atoms with Crippen molar-refractivity contribution in [1.82, 2.24) is 19.4 Å². The van der Waals surface area contributed by atoms with Gasteiger partial charge in [-0.3, -0.25) is 9.20 Å². The van der Waals surface area contributed by atoms with Crippen LogP contribution in [0.1, 0.15) is 5.69 Å². The first kappa shape index (κ1) is 17.5. The van der Waals surface area contributed by atoms with Gasteiger partial charge in [-0.2, -0.15) is 0 Å². The lowest BCUT2D eigenvalue weighted by molar-refractivity contribution is -0.115. The van der Waals surface area contributed by atoms with E-state index < -0.39 is 11.6 Å². The van der Waals surface area contributed by atoms with Crippen LogP contribution in [0.4, 0.5) is 14.5 Å². The lowest BCUT2D eigenvalue weighted by Gasteiger charge is -2.03. The topological polar surface area (TPSA) is 75.1 Å². The largest absolute Gasteiger partial charge is 0.338 e. The summed E-state index contributed by atoms with van der Waals surface area (Å²) in [7, 11) is 0. The summed E-state index contributed by atoms with van der Waals surface area (Å²) in [6.07, 6.45) is 3.86. The van der Waals surface area contributed by atoms with E-state index in [0.29, 0.717) is 22.4 Å². The van der Waals surface area contributed by atoms with Gasteiger partial charge in [0.15, 0.2) is 4.96 Å². The third-order valence-electron chi connectivity index (χ3n) is 4.43. The van der Waals surface area contributed by atoms with Gasteiger partial charge < -0.3 is 10.3 Å². The molecule has 1 amide bonds. The maximum atomic E-state index is 14.0. The Morgan fingerprint density at radius 2 is 2.07 bits per heavy atom. The lowest BCUT2D eigenvalue weighted by atomic mass is 10.2. The van der Waals surface area contributed by atoms with Crippen LogP contribution in [0.5, 0.6) is 0 Å². The molecule has 5 rings (SSSR count). The van der Waals surface area contributed by atoms with Crippen LogP contribution >= 0.6 is 11.3 Å². The van der Waals surface area contributed by atoms with Gasteiger partial charge in [0.1, 0.15) is 17.5 Å². The molecule has 5 aromatic rings. The zero-order chi connectivity index (χ0) is 20.0. The van der Waals surface area contributed by atoms with Crippen molar-refractivity contribution < 1.29 is 13.6 Å². The first-order valence-corrected chi connectivity index (χ1v) is 9.59. The Morgan fingerprint density at radius 1 is 1.17 bits per heavy atom. The fourth-order valence-electron chi connectivity index (χ4n) is 3.12. The second kappa shape index (κ2) is 6.78. The van der Waals surface area contributed by atoms with Gasteiger partial charge in [0, 0.05) is 23.5 Å². The van der Waals surface area contributed by atoms with Crippen LogP contribution in [0.25, 0.3) is 27.4 Å². The molecule has 0 bridgehead atoms. The minimum absolute atomic E-state index is 0.0477. The molecule has 0 fully saturated rings. The molecule has 0 aliphatic carbocycles. The predicted molar refractivity (Wildman–Crippen MR) is 107 cm³/mol. The van der Waals surface area contributed by atoms with E-state index in [2.05, 4.69) is 20.3 Å². The second-order valence-electron chi connectivity index (χ2n) is 6.49. The molecule has 2 aromatic carbocycles. The van der Waals surface area contributed by atoms with Crippen molar-refractivity contribution in [3.05, 3.63) is 71.5 Å². The van der Waals surface area contributed by atoms with E-state index in [9.17, 15) is 13.6 Å². The summed E-state index contributed by atoms with van der Waals surface area (Å²) in [5.74, 6) is -1.10. The number of aromatic amines is 1. The van der Waals surface area contributed by atoms with Crippen LogP contribution in [-0.2, 0) is 11.2 Å². The van der Waals surface area contributed by atoms with Crippen molar-refractivity contribution in [1.29, 1.82) is 0 Å². The number of nitrogens with one attached hydrogen (secondary N) is 2. The molecule has 3 aromatic heterocycles. The standard InChI is InChI=1S/C20H13F2N5OS/c21-11-1-3-15(22)14(7-11)19-25-16-4-2-12(8-17(16)26-19)23-18(28)9-13-10-27-5-6-29-20(27)24-13/h1-8,10H,9H2,(H,23,28)(H,25,26). The van der Waals surface area contributed by atoms with E-state index in [1.165, 1.54) is 11.3 Å². The SMILES string of the molecule is O=C(Cc1cn2ccsc2n1)Nc1ccc2nc(-c3cc(F)ccc3F)[nH]c2c1. The summed E-state index contributed by atoms with van der Waals surface area (Å²) in [5, 5.41) is 4.75. The quantitative estimate of drug-likeness (QED) is 0.462. The highest BCUT2D eigenvalue weighted by atomic mass is 32.1. The molecule has 0 aliphatic rings. The Hall–Kier alpha value is -3.59. The number of nitrogens with zero attached hydrogens (tertiary/aromatic N) is 3. The van der Waals surface area contributed by atoms with Crippen LogP contribution in [0.2, 0.25) is 0 Å². The first-order chi connectivity index (χ1) is 14.0. The number of fused-ring (bicyclic) bond motifs is 2. The fourth-order valence-corrected chi connectivity index (χ4v) is 3.84. The third-order valence-corrected chi connectivity index (χ3v) is 5.20. The Balaban J connectivity index is 1.37. The molecule has 0 saturated carbocycles. The van der Waals surface area contributed by atoms with E-state index in [4.69, 9.17) is 0 Å². The number of H-pyrrole nitrogens is 1. The number of carbonyl (C=O) groups is 1. The first-order valence-electron chi connectivity index (χ1n) is 8.71. The third kappa shape index (κ3) is 3.36. The molecular formula is C20H13F2N5OS.